The molecule has 37 heavy (non-hydrogen) atoms. The van der Waals surface area contributed by atoms with Crippen LogP contribution in [0.2, 0.25) is 0 Å². The maximum atomic E-state index is 12.8. The Morgan fingerprint density at radius 2 is 1.59 bits per heavy atom. The monoisotopic (exact) mass is 510 g/mol. The van der Waals surface area contributed by atoms with Crippen molar-refractivity contribution in [3.63, 3.8) is 0 Å². The van der Waals surface area contributed by atoms with Crippen molar-refractivity contribution in [1.29, 1.82) is 0 Å². The van der Waals surface area contributed by atoms with Gasteiger partial charge in [-0.15, -0.1) is 0 Å². The molecule has 0 radical (unpaired) electrons. The lowest BCUT2D eigenvalue weighted by atomic mass is 10.1. The normalized spacial score (nSPS) is 11.2. The zero-order valence-corrected chi connectivity index (χ0v) is 20.2. The Balaban J connectivity index is 1.64. The van der Waals surface area contributed by atoms with Gasteiger partial charge in [0, 0.05) is 18.5 Å². The smallest absolute Gasteiger partial charge is 0.387 e. The predicted molar refractivity (Wildman–Crippen MR) is 135 cm³/mol. The minimum atomic E-state index is -2.95. The number of alkyl halides is 2. The summed E-state index contributed by atoms with van der Waals surface area (Å²) in [5, 5.41) is 14.0. The van der Waals surface area contributed by atoms with E-state index in [4.69, 9.17) is 9.84 Å². The van der Waals surface area contributed by atoms with E-state index in [0.717, 1.165) is 12.0 Å². The number of nitrogens with one attached hydrogen (secondary N) is 2. The number of aliphatic hydroxyl groups is 1. The third-order valence-corrected chi connectivity index (χ3v) is 5.20. The van der Waals surface area contributed by atoms with Crippen molar-refractivity contribution in [1.82, 2.24) is 10.6 Å². The van der Waals surface area contributed by atoms with E-state index in [-0.39, 0.29) is 24.6 Å². The molecule has 0 aliphatic carbocycles. The quantitative estimate of drug-likeness (QED) is 0.319. The van der Waals surface area contributed by atoms with E-state index in [1.807, 2.05) is 19.1 Å². The van der Waals surface area contributed by atoms with Crippen LogP contribution in [-0.2, 0) is 11.2 Å². The standard InChI is InChI=1S/C28H28F2N2O5/c1-19-2-4-20(5-3-19)14-17-36-23-12-8-22(9-13-23)26(34)32-25(27(35)31-15-16-33)18-21-6-10-24(11-7-21)37-28(29)30/h2-13,18,28,33H,14-17H2,1H3,(H,31,35)(H,32,34)/b25-18-. The second-order valence-electron chi connectivity index (χ2n) is 8.05. The summed E-state index contributed by atoms with van der Waals surface area (Å²) in [7, 11) is 0. The van der Waals surface area contributed by atoms with Gasteiger partial charge in [0.15, 0.2) is 0 Å². The second-order valence-corrected chi connectivity index (χ2v) is 8.05. The number of aryl methyl sites for hydroxylation is 1. The molecular weight excluding hydrogens is 482 g/mol. The highest BCUT2D eigenvalue weighted by molar-refractivity contribution is 6.05. The highest BCUT2D eigenvalue weighted by Crippen LogP contribution is 2.17. The van der Waals surface area contributed by atoms with Gasteiger partial charge in [-0.05, 0) is 60.5 Å². The molecule has 0 saturated carbocycles. The summed E-state index contributed by atoms with van der Waals surface area (Å²) in [5.41, 5.74) is 3.04. The van der Waals surface area contributed by atoms with Crippen molar-refractivity contribution in [2.75, 3.05) is 19.8 Å². The van der Waals surface area contributed by atoms with E-state index in [1.165, 1.54) is 35.9 Å². The van der Waals surface area contributed by atoms with Crippen LogP contribution >= 0.6 is 0 Å². The molecule has 0 spiro atoms. The van der Waals surface area contributed by atoms with Gasteiger partial charge in [0.05, 0.1) is 13.2 Å². The number of halogens is 2. The topological polar surface area (TPSA) is 96.9 Å². The van der Waals surface area contributed by atoms with Gasteiger partial charge in [-0.1, -0.05) is 42.0 Å². The molecule has 3 aromatic rings. The molecule has 0 heterocycles. The Kier molecular flexibility index (Phi) is 10.2. The Hall–Kier alpha value is -4.24. The van der Waals surface area contributed by atoms with Gasteiger partial charge < -0.3 is 25.2 Å². The molecule has 3 aromatic carbocycles. The molecule has 3 rings (SSSR count). The summed E-state index contributed by atoms with van der Waals surface area (Å²) < 4.78 is 34.8. The first-order valence-corrected chi connectivity index (χ1v) is 11.6. The van der Waals surface area contributed by atoms with Gasteiger partial charge in [-0.3, -0.25) is 9.59 Å². The van der Waals surface area contributed by atoms with Gasteiger partial charge >= 0.3 is 6.61 Å². The number of amides is 2. The van der Waals surface area contributed by atoms with Crippen molar-refractivity contribution < 1.29 is 33.0 Å². The van der Waals surface area contributed by atoms with Crippen LogP contribution in [0.25, 0.3) is 6.08 Å². The number of benzene rings is 3. The lowest BCUT2D eigenvalue weighted by Crippen LogP contribution is -2.36. The molecular formula is C28H28F2N2O5. The highest BCUT2D eigenvalue weighted by Gasteiger charge is 2.15. The average Bonchev–Trinajstić information content (AvgIpc) is 2.89. The highest BCUT2D eigenvalue weighted by atomic mass is 19.3. The molecule has 3 N–H and O–H groups in total. The fourth-order valence-electron chi connectivity index (χ4n) is 3.27. The third-order valence-electron chi connectivity index (χ3n) is 5.20. The summed E-state index contributed by atoms with van der Waals surface area (Å²) in [6.07, 6.45) is 2.13. The molecule has 0 bridgehead atoms. The predicted octanol–water partition coefficient (Wildman–Crippen LogP) is 4.10. The molecule has 194 valence electrons. The van der Waals surface area contributed by atoms with Crippen molar-refractivity contribution in [2.24, 2.45) is 0 Å². The van der Waals surface area contributed by atoms with Gasteiger partial charge in [-0.2, -0.15) is 8.78 Å². The molecule has 7 nitrogen and oxygen atoms in total. The van der Waals surface area contributed by atoms with E-state index in [9.17, 15) is 18.4 Å². The summed E-state index contributed by atoms with van der Waals surface area (Å²) in [5.74, 6) is -0.588. The number of carbonyl (C=O) groups is 2. The van der Waals surface area contributed by atoms with Gasteiger partial charge in [0.2, 0.25) is 0 Å². The molecule has 9 heteroatoms. The summed E-state index contributed by atoms with van der Waals surface area (Å²) in [6.45, 7) is -0.734. The number of aliphatic hydroxyl groups excluding tert-OH is 1. The number of rotatable bonds is 12. The SMILES string of the molecule is Cc1ccc(CCOc2ccc(C(=O)N/C(=C\c3ccc(OC(F)F)cc3)C(=O)NCCO)cc2)cc1. The molecule has 0 atom stereocenters. The fraction of sp³-hybridized carbons (Fsp3) is 0.214. The minimum absolute atomic E-state index is 0.0121. The van der Waals surface area contributed by atoms with Crippen molar-refractivity contribution in [2.45, 2.75) is 20.0 Å². The summed E-state index contributed by atoms with van der Waals surface area (Å²) in [6, 6.07) is 20.3. The maximum absolute atomic E-state index is 12.8. The van der Waals surface area contributed by atoms with Crippen LogP contribution in [0.15, 0.2) is 78.5 Å². The lowest BCUT2D eigenvalue weighted by Gasteiger charge is -2.12. The molecule has 0 aliphatic heterocycles. The van der Waals surface area contributed by atoms with Crippen LogP contribution in [0.1, 0.15) is 27.0 Å². The van der Waals surface area contributed by atoms with E-state index in [0.29, 0.717) is 23.5 Å². The van der Waals surface area contributed by atoms with E-state index in [1.54, 1.807) is 24.3 Å². The minimum Gasteiger partial charge on any atom is -0.493 e. The molecule has 0 saturated heterocycles. The zero-order valence-electron chi connectivity index (χ0n) is 20.2. The first-order chi connectivity index (χ1) is 17.8. The molecule has 0 aliphatic rings. The molecule has 0 unspecified atom stereocenters. The Morgan fingerprint density at radius 1 is 0.946 bits per heavy atom. The first-order valence-electron chi connectivity index (χ1n) is 11.6. The van der Waals surface area contributed by atoms with Crippen molar-refractivity contribution in [3.05, 3.63) is 101 Å². The second kappa shape index (κ2) is 13.7. The van der Waals surface area contributed by atoms with Crippen LogP contribution in [0.4, 0.5) is 8.78 Å². The number of carbonyl (C=O) groups excluding carboxylic acids is 2. The Bertz CT molecular complexity index is 1190. The van der Waals surface area contributed by atoms with Gasteiger partial charge in [0.25, 0.3) is 11.8 Å². The Morgan fingerprint density at radius 3 is 2.22 bits per heavy atom. The van der Waals surface area contributed by atoms with E-state index in [2.05, 4.69) is 27.5 Å². The van der Waals surface area contributed by atoms with Crippen LogP contribution < -0.4 is 20.1 Å². The first kappa shape index (κ1) is 27.3. The Labute approximate surface area is 213 Å². The van der Waals surface area contributed by atoms with Crippen molar-refractivity contribution in [3.8, 4) is 11.5 Å². The summed E-state index contributed by atoms with van der Waals surface area (Å²) >= 11 is 0. The van der Waals surface area contributed by atoms with Crippen LogP contribution in [0.3, 0.4) is 0 Å². The van der Waals surface area contributed by atoms with Gasteiger partial charge in [-0.25, -0.2) is 0 Å². The molecule has 0 fully saturated rings. The zero-order chi connectivity index (χ0) is 26.6. The number of ether oxygens (including phenoxy) is 2. The van der Waals surface area contributed by atoms with E-state index < -0.39 is 18.4 Å². The average molecular weight is 511 g/mol. The van der Waals surface area contributed by atoms with Crippen molar-refractivity contribution >= 4 is 17.9 Å². The van der Waals surface area contributed by atoms with Crippen LogP contribution in [-0.4, -0.2) is 43.3 Å². The van der Waals surface area contributed by atoms with Gasteiger partial charge in [0.1, 0.15) is 17.2 Å². The van der Waals surface area contributed by atoms with E-state index >= 15 is 0 Å². The number of hydrogen-bond acceptors (Lipinski definition) is 5. The molecule has 2 amide bonds. The maximum Gasteiger partial charge on any atom is 0.387 e. The molecule has 0 aromatic heterocycles. The third kappa shape index (κ3) is 9.05. The lowest BCUT2D eigenvalue weighted by molar-refractivity contribution is -0.117. The number of hydrogen-bond donors (Lipinski definition) is 3. The van der Waals surface area contributed by atoms with Crippen LogP contribution in [0.5, 0.6) is 11.5 Å². The summed E-state index contributed by atoms with van der Waals surface area (Å²) in [4.78, 5) is 25.4. The fourth-order valence-corrected chi connectivity index (χ4v) is 3.27. The van der Waals surface area contributed by atoms with Crippen LogP contribution in [0, 0.1) is 6.92 Å². The largest absolute Gasteiger partial charge is 0.493 e.